The largest absolute Gasteiger partial charge is 0.305 e. The SMILES string of the molecule is C#CCn1c(=NC(=O)c2cccc(N3C(=O)CCC3=O)c2)sc2ccccc21. The van der Waals surface area contributed by atoms with E-state index >= 15 is 0 Å². The first-order chi connectivity index (χ1) is 13.6. The van der Waals surface area contributed by atoms with Crippen LogP contribution in [0.25, 0.3) is 10.2 Å². The molecule has 1 fully saturated rings. The summed E-state index contributed by atoms with van der Waals surface area (Å²) in [4.78, 5) is 42.5. The van der Waals surface area contributed by atoms with Crippen molar-refractivity contribution in [3.63, 3.8) is 0 Å². The van der Waals surface area contributed by atoms with Crippen LogP contribution in [-0.4, -0.2) is 22.3 Å². The van der Waals surface area contributed by atoms with Gasteiger partial charge in [-0.1, -0.05) is 35.5 Å². The van der Waals surface area contributed by atoms with Crippen molar-refractivity contribution in [2.24, 2.45) is 4.99 Å². The van der Waals surface area contributed by atoms with Crippen LogP contribution in [0.15, 0.2) is 53.5 Å². The highest BCUT2D eigenvalue weighted by atomic mass is 32.1. The Morgan fingerprint density at radius 3 is 2.61 bits per heavy atom. The third-order valence-electron chi connectivity index (χ3n) is 4.44. The lowest BCUT2D eigenvalue weighted by Crippen LogP contribution is -2.28. The van der Waals surface area contributed by atoms with E-state index in [4.69, 9.17) is 6.42 Å². The zero-order valence-corrected chi connectivity index (χ0v) is 15.6. The number of para-hydroxylation sites is 1. The van der Waals surface area contributed by atoms with E-state index in [-0.39, 0.29) is 24.7 Å². The lowest BCUT2D eigenvalue weighted by molar-refractivity contribution is -0.121. The summed E-state index contributed by atoms with van der Waals surface area (Å²) < 4.78 is 2.79. The number of benzene rings is 2. The average molecular weight is 389 g/mol. The number of aromatic nitrogens is 1. The number of hydrogen-bond acceptors (Lipinski definition) is 4. The first-order valence-corrected chi connectivity index (χ1v) is 9.47. The molecule has 0 aliphatic carbocycles. The molecule has 3 amide bonds. The second-order valence-electron chi connectivity index (χ2n) is 6.23. The van der Waals surface area contributed by atoms with Crippen molar-refractivity contribution in [1.29, 1.82) is 0 Å². The molecule has 28 heavy (non-hydrogen) atoms. The summed E-state index contributed by atoms with van der Waals surface area (Å²) in [5, 5.41) is 0. The van der Waals surface area contributed by atoms with E-state index in [0.29, 0.717) is 22.6 Å². The van der Waals surface area contributed by atoms with Crippen LogP contribution in [0.2, 0.25) is 0 Å². The van der Waals surface area contributed by atoms with Gasteiger partial charge in [-0.15, -0.1) is 6.42 Å². The molecule has 0 atom stereocenters. The van der Waals surface area contributed by atoms with E-state index < -0.39 is 5.91 Å². The van der Waals surface area contributed by atoms with E-state index in [1.165, 1.54) is 17.4 Å². The van der Waals surface area contributed by atoms with Gasteiger partial charge in [0.05, 0.1) is 22.4 Å². The zero-order chi connectivity index (χ0) is 19.7. The first-order valence-electron chi connectivity index (χ1n) is 8.65. The van der Waals surface area contributed by atoms with Crippen LogP contribution in [0.3, 0.4) is 0 Å². The van der Waals surface area contributed by atoms with Crippen molar-refractivity contribution in [3.8, 4) is 12.3 Å². The number of imide groups is 1. The van der Waals surface area contributed by atoms with Gasteiger partial charge in [-0.25, -0.2) is 0 Å². The second-order valence-corrected chi connectivity index (χ2v) is 7.24. The van der Waals surface area contributed by atoms with Gasteiger partial charge in [-0.05, 0) is 30.3 Å². The number of fused-ring (bicyclic) bond motifs is 1. The Balaban J connectivity index is 1.75. The van der Waals surface area contributed by atoms with Gasteiger partial charge in [-0.3, -0.25) is 19.3 Å². The quantitative estimate of drug-likeness (QED) is 0.511. The van der Waals surface area contributed by atoms with Crippen LogP contribution in [0.4, 0.5) is 5.69 Å². The fourth-order valence-electron chi connectivity index (χ4n) is 3.14. The van der Waals surface area contributed by atoms with E-state index in [2.05, 4.69) is 10.9 Å². The number of terminal acetylenes is 1. The van der Waals surface area contributed by atoms with Gasteiger partial charge in [0.15, 0.2) is 4.80 Å². The third kappa shape index (κ3) is 3.15. The number of nitrogens with zero attached hydrogens (tertiary/aromatic N) is 3. The van der Waals surface area contributed by atoms with E-state index in [1.54, 1.807) is 18.2 Å². The van der Waals surface area contributed by atoms with Crippen LogP contribution >= 0.6 is 11.3 Å². The minimum atomic E-state index is -0.460. The second kappa shape index (κ2) is 7.25. The van der Waals surface area contributed by atoms with Crippen molar-refractivity contribution in [3.05, 3.63) is 58.9 Å². The molecule has 7 heteroatoms. The molecule has 2 aromatic carbocycles. The summed E-state index contributed by atoms with van der Waals surface area (Å²) in [6.07, 6.45) is 5.85. The highest BCUT2D eigenvalue weighted by Crippen LogP contribution is 2.24. The molecule has 1 saturated heterocycles. The van der Waals surface area contributed by atoms with E-state index in [0.717, 1.165) is 15.1 Å². The Morgan fingerprint density at radius 1 is 1.11 bits per heavy atom. The molecule has 0 unspecified atom stereocenters. The Morgan fingerprint density at radius 2 is 1.86 bits per heavy atom. The molecule has 2 heterocycles. The number of carbonyl (C=O) groups is 3. The molecule has 0 bridgehead atoms. The molecule has 0 radical (unpaired) electrons. The molecule has 1 aromatic heterocycles. The number of hydrogen-bond donors (Lipinski definition) is 0. The molecule has 4 rings (SSSR count). The smallest absolute Gasteiger partial charge is 0.279 e. The minimum Gasteiger partial charge on any atom is -0.305 e. The number of amides is 3. The summed E-state index contributed by atoms with van der Waals surface area (Å²) >= 11 is 1.38. The zero-order valence-electron chi connectivity index (χ0n) is 14.8. The van der Waals surface area contributed by atoms with Gasteiger partial charge in [0, 0.05) is 18.4 Å². The molecule has 3 aromatic rings. The van der Waals surface area contributed by atoms with Gasteiger partial charge >= 0.3 is 0 Å². The Bertz CT molecular complexity index is 1210. The fraction of sp³-hybridized carbons (Fsp3) is 0.143. The highest BCUT2D eigenvalue weighted by Gasteiger charge is 2.30. The van der Waals surface area contributed by atoms with Gasteiger partial charge < -0.3 is 4.57 Å². The van der Waals surface area contributed by atoms with Crippen molar-refractivity contribution in [2.45, 2.75) is 19.4 Å². The fourth-order valence-corrected chi connectivity index (χ4v) is 4.17. The number of thiazole rings is 1. The van der Waals surface area contributed by atoms with Crippen molar-refractivity contribution in [1.82, 2.24) is 4.57 Å². The molecular weight excluding hydrogens is 374 g/mol. The normalized spacial score (nSPS) is 14.7. The van der Waals surface area contributed by atoms with Crippen LogP contribution in [0.1, 0.15) is 23.2 Å². The Kier molecular flexibility index (Phi) is 4.63. The van der Waals surface area contributed by atoms with E-state index in [9.17, 15) is 14.4 Å². The summed E-state index contributed by atoms with van der Waals surface area (Å²) in [5.74, 6) is 1.61. The highest BCUT2D eigenvalue weighted by molar-refractivity contribution is 7.16. The maximum absolute atomic E-state index is 12.8. The summed E-state index contributed by atoms with van der Waals surface area (Å²) in [6, 6.07) is 14.1. The maximum Gasteiger partial charge on any atom is 0.279 e. The number of anilines is 1. The Labute approximate surface area is 164 Å². The van der Waals surface area contributed by atoms with Gasteiger partial charge in [0.25, 0.3) is 5.91 Å². The molecule has 1 aliphatic rings. The topological polar surface area (TPSA) is 71.7 Å². The lowest BCUT2D eigenvalue weighted by atomic mass is 10.2. The van der Waals surface area contributed by atoms with Crippen molar-refractivity contribution in [2.75, 3.05) is 4.90 Å². The maximum atomic E-state index is 12.8. The van der Waals surface area contributed by atoms with Gasteiger partial charge in [0.1, 0.15) is 0 Å². The summed E-state index contributed by atoms with van der Waals surface area (Å²) in [7, 11) is 0. The molecule has 1 aliphatic heterocycles. The standard InChI is InChI=1S/C21H15N3O3S/c1-2-12-23-16-8-3-4-9-17(16)28-21(23)22-20(27)14-6-5-7-15(13-14)24-18(25)10-11-19(24)26/h1,3-9,13H,10-12H2. The van der Waals surface area contributed by atoms with Gasteiger partial charge in [0.2, 0.25) is 11.8 Å². The molecule has 138 valence electrons. The van der Waals surface area contributed by atoms with Crippen LogP contribution in [0.5, 0.6) is 0 Å². The predicted octanol–water partition coefficient (Wildman–Crippen LogP) is 2.73. The van der Waals surface area contributed by atoms with Crippen LogP contribution in [0, 0.1) is 12.3 Å². The monoisotopic (exact) mass is 389 g/mol. The molecule has 0 N–H and O–H groups in total. The lowest BCUT2D eigenvalue weighted by Gasteiger charge is -2.14. The molecule has 6 nitrogen and oxygen atoms in total. The molecular formula is C21H15N3O3S. The van der Waals surface area contributed by atoms with Gasteiger partial charge in [-0.2, -0.15) is 4.99 Å². The number of rotatable bonds is 3. The number of carbonyl (C=O) groups excluding carboxylic acids is 3. The molecule has 0 spiro atoms. The summed E-state index contributed by atoms with van der Waals surface area (Å²) in [6.45, 7) is 0.299. The molecule has 0 saturated carbocycles. The predicted molar refractivity (Wildman–Crippen MR) is 107 cm³/mol. The van der Waals surface area contributed by atoms with Crippen LogP contribution < -0.4 is 9.70 Å². The van der Waals surface area contributed by atoms with Crippen molar-refractivity contribution < 1.29 is 14.4 Å². The third-order valence-corrected chi connectivity index (χ3v) is 5.50. The Hall–Kier alpha value is -3.50. The average Bonchev–Trinajstić information content (AvgIpc) is 3.22. The van der Waals surface area contributed by atoms with Crippen molar-refractivity contribution >= 4 is 45.0 Å². The van der Waals surface area contributed by atoms with Crippen LogP contribution in [-0.2, 0) is 16.1 Å². The minimum absolute atomic E-state index is 0.190. The summed E-state index contributed by atoms with van der Waals surface area (Å²) in [5.41, 5.74) is 1.61. The van der Waals surface area contributed by atoms with E-state index in [1.807, 2.05) is 28.8 Å². The first kappa shape index (κ1) is 17.9.